The second-order valence-corrected chi connectivity index (χ2v) is 6.49. The van der Waals surface area contributed by atoms with Crippen LogP contribution in [0.4, 0.5) is 0 Å². The highest BCUT2D eigenvalue weighted by atomic mass is 79.9. The molecule has 0 aliphatic heterocycles. The first-order chi connectivity index (χ1) is 12.6. The van der Waals surface area contributed by atoms with Crippen LogP contribution in [-0.4, -0.2) is 12.6 Å². The van der Waals surface area contributed by atoms with Gasteiger partial charge in [0.05, 0.1) is 24.9 Å². The molecular weight excluding hydrogens is 398 g/mol. The molecule has 3 aromatic rings. The van der Waals surface area contributed by atoms with E-state index in [9.17, 15) is 10.1 Å². The molecule has 132 valence electrons. The summed E-state index contributed by atoms with van der Waals surface area (Å²) in [5, 5.41) is 10.3. The Hall–Kier alpha value is -2.78. The van der Waals surface area contributed by atoms with Crippen molar-refractivity contribution in [2.75, 3.05) is 6.61 Å². The van der Waals surface area contributed by atoms with Crippen LogP contribution in [0.15, 0.2) is 51.6 Å². The summed E-state index contributed by atoms with van der Waals surface area (Å²) in [6.07, 6.45) is 1.69. The van der Waals surface area contributed by atoms with Gasteiger partial charge in [0.2, 0.25) is 0 Å². The second kappa shape index (κ2) is 8.07. The number of esters is 1. The van der Waals surface area contributed by atoms with Crippen molar-refractivity contribution < 1.29 is 18.7 Å². The summed E-state index contributed by atoms with van der Waals surface area (Å²) in [4.78, 5) is 11.8. The van der Waals surface area contributed by atoms with Gasteiger partial charge in [0.1, 0.15) is 24.0 Å². The number of carbonyl (C=O) groups excluding carboxylic acids is 1. The molecule has 0 unspecified atom stereocenters. The minimum absolute atomic E-state index is 0.0520. The fourth-order valence-electron chi connectivity index (χ4n) is 2.67. The summed E-state index contributed by atoms with van der Waals surface area (Å²) in [6, 6.07) is 13.0. The Morgan fingerprint density at radius 2 is 2.12 bits per heavy atom. The van der Waals surface area contributed by atoms with E-state index >= 15 is 0 Å². The molecule has 0 bridgehead atoms. The van der Waals surface area contributed by atoms with Gasteiger partial charge in [-0.05, 0) is 31.2 Å². The van der Waals surface area contributed by atoms with Gasteiger partial charge in [-0.15, -0.1) is 0 Å². The Bertz CT molecular complexity index is 987. The lowest BCUT2D eigenvalue weighted by Gasteiger charge is -2.12. The number of fused-ring (bicyclic) bond motifs is 1. The largest absolute Gasteiger partial charge is 0.487 e. The van der Waals surface area contributed by atoms with Gasteiger partial charge in [-0.25, -0.2) is 0 Å². The zero-order valence-corrected chi connectivity index (χ0v) is 15.7. The molecule has 0 aliphatic rings. The molecule has 3 rings (SSSR count). The Morgan fingerprint density at radius 1 is 1.27 bits per heavy atom. The zero-order chi connectivity index (χ0) is 18.5. The molecule has 26 heavy (non-hydrogen) atoms. The van der Waals surface area contributed by atoms with Crippen molar-refractivity contribution in [2.45, 2.75) is 20.0 Å². The standard InChI is InChI=1S/C20H16BrNO4/c1-2-24-19(23)8-13-4-3-5-14(10-22)20(13)26-12-15-11-25-18-7-6-16(21)9-17(15)18/h3-7,9,11H,2,8,12H2,1H3. The van der Waals surface area contributed by atoms with Crippen LogP contribution in [0.1, 0.15) is 23.6 Å². The summed E-state index contributed by atoms with van der Waals surface area (Å²) in [5.41, 5.74) is 2.61. The monoisotopic (exact) mass is 413 g/mol. The molecule has 1 aromatic heterocycles. The van der Waals surface area contributed by atoms with E-state index in [2.05, 4.69) is 22.0 Å². The number of furan rings is 1. The average Bonchev–Trinajstić information content (AvgIpc) is 3.02. The number of para-hydroxylation sites is 1. The normalized spacial score (nSPS) is 10.5. The Labute approximate surface area is 159 Å². The third-order valence-corrected chi connectivity index (χ3v) is 4.34. The molecule has 0 fully saturated rings. The van der Waals surface area contributed by atoms with Gasteiger partial charge in [0, 0.05) is 21.0 Å². The topological polar surface area (TPSA) is 72.5 Å². The van der Waals surface area contributed by atoms with E-state index in [0.717, 1.165) is 21.0 Å². The van der Waals surface area contributed by atoms with Crippen LogP contribution in [-0.2, 0) is 22.6 Å². The van der Waals surface area contributed by atoms with Crippen LogP contribution < -0.4 is 4.74 Å². The van der Waals surface area contributed by atoms with Gasteiger partial charge in [-0.1, -0.05) is 28.1 Å². The Balaban J connectivity index is 1.87. The molecule has 0 atom stereocenters. The number of halogens is 1. The SMILES string of the molecule is CCOC(=O)Cc1cccc(C#N)c1OCc1coc2ccc(Br)cc12. The lowest BCUT2D eigenvalue weighted by atomic mass is 10.1. The summed E-state index contributed by atoms with van der Waals surface area (Å²) >= 11 is 3.45. The number of rotatable bonds is 6. The van der Waals surface area contributed by atoms with Crippen molar-refractivity contribution in [3.63, 3.8) is 0 Å². The third kappa shape index (κ3) is 3.89. The highest BCUT2D eigenvalue weighted by Gasteiger charge is 2.15. The zero-order valence-electron chi connectivity index (χ0n) is 14.1. The number of hydrogen-bond acceptors (Lipinski definition) is 5. The number of hydrogen-bond donors (Lipinski definition) is 0. The summed E-state index contributed by atoms with van der Waals surface area (Å²) < 4.78 is 17.4. The molecule has 6 heteroatoms. The van der Waals surface area contributed by atoms with Gasteiger partial charge in [0.25, 0.3) is 0 Å². The summed E-state index contributed by atoms with van der Waals surface area (Å²) in [7, 11) is 0. The highest BCUT2D eigenvalue weighted by molar-refractivity contribution is 9.10. The molecule has 0 N–H and O–H groups in total. The predicted molar refractivity (Wildman–Crippen MR) is 99.7 cm³/mol. The van der Waals surface area contributed by atoms with Gasteiger partial charge < -0.3 is 13.9 Å². The van der Waals surface area contributed by atoms with Gasteiger partial charge >= 0.3 is 5.97 Å². The fraction of sp³-hybridized carbons (Fsp3) is 0.200. The van der Waals surface area contributed by atoms with Crippen molar-refractivity contribution in [1.82, 2.24) is 0 Å². The lowest BCUT2D eigenvalue weighted by Crippen LogP contribution is -2.09. The number of nitrogens with zero attached hydrogens (tertiary/aromatic N) is 1. The van der Waals surface area contributed by atoms with Gasteiger partial charge in [-0.3, -0.25) is 4.79 Å². The van der Waals surface area contributed by atoms with Crippen LogP contribution >= 0.6 is 15.9 Å². The first kappa shape index (κ1) is 18.0. The van der Waals surface area contributed by atoms with Crippen LogP contribution in [0.2, 0.25) is 0 Å². The van der Waals surface area contributed by atoms with Crippen LogP contribution in [0.25, 0.3) is 11.0 Å². The molecule has 5 nitrogen and oxygen atoms in total. The van der Waals surface area contributed by atoms with E-state index in [1.54, 1.807) is 31.4 Å². The fourth-order valence-corrected chi connectivity index (χ4v) is 3.03. The number of nitriles is 1. The molecule has 0 radical (unpaired) electrons. The van der Waals surface area contributed by atoms with Crippen molar-refractivity contribution in [3.05, 3.63) is 63.8 Å². The van der Waals surface area contributed by atoms with Crippen molar-refractivity contribution >= 4 is 32.9 Å². The lowest BCUT2D eigenvalue weighted by molar-refractivity contribution is -0.142. The van der Waals surface area contributed by atoms with E-state index in [1.165, 1.54) is 0 Å². The van der Waals surface area contributed by atoms with Gasteiger partial charge in [-0.2, -0.15) is 5.26 Å². The molecule has 0 aliphatic carbocycles. The molecule has 1 heterocycles. The summed E-state index contributed by atoms with van der Waals surface area (Å²) in [5.74, 6) is 0.0394. The van der Waals surface area contributed by atoms with E-state index < -0.39 is 0 Å². The van der Waals surface area contributed by atoms with Crippen molar-refractivity contribution in [3.8, 4) is 11.8 Å². The smallest absolute Gasteiger partial charge is 0.310 e. The van der Waals surface area contributed by atoms with E-state index in [-0.39, 0.29) is 19.0 Å². The minimum atomic E-state index is -0.356. The van der Waals surface area contributed by atoms with E-state index in [4.69, 9.17) is 13.9 Å². The summed E-state index contributed by atoms with van der Waals surface area (Å²) in [6.45, 7) is 2.28. The first-order valence-corrected chi connectivity index (χ1v) is 8.87. The number of ether oxygens (including phenoxy) is 2. The maximum Gasteiger partial charge on any atom is 0.310 e. The maximum atomic E-state index is 11.8. The first-order valence-electron chi connectivity index (χ1n) is 8.08. The molecule has 2 aromatic carbocycles. The number of benzene rings is 2. The molecule has 0 saturated heterocycles. The van der Waals surface area contributed by atoms with Crippen LogP contribution in [0.5, 0.6) is 5.75 Å². The Morgan fingerprint density at radius 3 is 2.88 bits per heavy atom. The van der Waals surface area contributed by atoms with Crippen LogP contribution in [0.3, 0.4) is 0 Å². The molecule has 0 spiro atoms. The molecule has 0 amide bonds. The highest BCUT2D eigenvalue weighted by Crippen LogP contribution is 2.29. The maximum absolute atomic E-state index is 11.8. The van der Waals surface area contributed by atoms with Crippen molar-refractivity contribution in [1.29, 1.82) is 5.26 Å². The average molecular weight is 414 g/mol. The quantitative estimate of drug-likeness (QED) is 0.545. The predicted octanol–water partition coefficient (Wildman–Crippen LogP) is 4.75. The van der Waals surface area contributed by atoms with E-state index in [0.29, 0.717) is 23.5 Å². The third-order valence-electron chi connectivity index (χ3n) is 3.84. The van der Waals surface area contributed by atoms with Crippen molar-refractivity contribution in [2.24, 2.45) is 0 Å². The van der Waals surface area contributed by atoms with E-state index in [1.807, 2.05) is 18.2 Å². The second-order valence-electron chi connectivity index (χ2n) is 5.58. The van der Waals surface area contributed by atoms with Gasteiger partial charge in [0.15, 0.2) is 0 Å². The number of carbonyl (C=O) groups is 1. The molecule has 0 saturated carbocycles. The minimum Gasteiger partial charge on any atom is -0.487 e. The Kier molecular flexibility index (Phi) is 5.59. The van der Waals surface area contributed by atoms with Crippen LogP contribution in [0, 0.1) is 11.3 Å². The molecular formula is C20H16BrNO4.